The number of para-hydroxylation sites is 1. The van der Waals surface area contributed by atoms with E-state index in [1.165, 1.54) is 0 Å². The molecule has 0 bridgehead atoms. The van der Waals surface area contributed by atoms with E-state index in [1.54, 1.807) is 23.1 Å². The number of benzene rings is 1. The lowest BCUT2D eigenvalue weighted by atomic mass is 10.1. The van der Waals surface area contributed by atoms with Crippen LogP contribution in [0.2, 0.25) is 0 Å². The summed E-state index contributed by atoms with van der Waals surface area (Å²) >= 11 is 0. The number of pyridine rings is 1. The maximum Gasteiger partial charge on any atom is 0.213 e. The molecule has 0 atom stereocenters. The molecule has 5 heteroatoms. The van der Waals surface area contributed by atoms with E-state index in [0.717, 1.165) is 17.5 Å². The van der Waals surface area contributed by atoms with Crippen LogP contribution in [-0.4, -0.2) is 27.7 Å². The van der Waals surface area contributed by atoms with E-state index in [1.807, 2.05) is 43.3 Å². The molecule has 110 valence electrons. The number of aromatic nitrogens is 3. The van der Waals surface area contributed by atoms with Gasteiger partial charge < -0.3 is 4.74 Å². The Morgan fingerprint density at radius 1 is 1.23 bits per heavy atom. The van der Waals surface area contributed by atoms with Gasteiger partial charge in [0.1, 0.15) is 5.69 Å². The molecule has 0 saturated heterocycles. The van der Waals surface area contributed by atoms with Crippen molar-refractivity contribution in [2.24, 2.45) is 0 Å². The molecule has 0 aliphatic rings. The predicted molar refractivity (Wildman–Crippen MR) is 83.4 cm³/mol. The van der Waals surface area contributed by atoms with Gasteiger partial charge in [0.05, 0.1) is 17.9 Å². The van der Waals surface area contributed by atoms with E-state index < -0.39 is 0 Å². The molecular formula is C17H15N3O2. The first kappa shape index (κ1) is 14.0. The fourth-order valence-corrected chi connectivity index (χ4v) is 2.19. The van der Waals surface area contributed by atoms with Gasteiger partial charge in [0.15, 0.2) is 6.29 Å². The topological polar surface area (TPSA) is 57.0 Å². The van der Waals surface area contributed by atoms with E-state index in [-0.39, 0.29) is 0 Å². The molecule has 0 N–H and O–H groups in total. The number of hydrogen-bond acceptors (Lipinski definition) is 4. The van der Waals surface area contributed by atoms with E-state index >= 15 is 0 Å². The van der Waals surface area contributed by atoms with Crippen molar-refractivity contribution in [2.75, 3.05) is 6.61 Å². The minimum atomic E-state index is 0.520. The Kier molecular flexibility index (Phi) is 3.96. The van der Waals surface area contributed by atoms with E-state index in [4.69, 9.17) is 4.74 Å². The zero-order valence-corrected chi connectivity index (χ0v) is 12.1. The molecule has 0 aliphatic heterocycles. The largest absolute Gasteiger partial charge is 0.478 e. The standard InChI is InChI=1S/C17H15N3O2/c1-2-22-16-10-13(8-9-18-16)17-14(12-21)11-20(19-17)15-6-4-3-5-7-15/h3-12H,2H2,1H3. The first-order valence-electron chi connectivity index (χ1n) is 7.01. The zero-order chi connectivity index (χ0) is 15.4. The number of aldehydes is 1. The van der Waals surface area contributed by atoms with Crippen molar-refractivity contribution in [3.05, 3.63) is 60.4 Å². The second kappa shape index (κ2) is 6.22. The number of nitrogens with zero attached hydrogens (tertiary/aromatic N) is 3. The number of hydrogen-bond donors (Lipinski definition) is 0. The highest BCUT2D eigenvalue weighted by Crippen LogP contribution is 2.24. The Morgan fingerprint density at radius 2 is 2.05 bits per heavy atom. The van der Waals surface area contributed by atoms with Crippen molar-refractivity contribution in [2.45, 2.75) is 6.92 Å². The molecule has 0 unspecified atom stereocenters. The molecule has 0 saturated carbocycles. The summed E-state index contributed by atoms with van der Waals surface area (Å²) < 4.78 is 7.09. The lowest BCUT2D eigenvalue weighted by molar-refractivity contribution is 0.112. The van der Waals surface area contributed by atoms with Gasteiger partial charge in [-0.1, -0.05) is 18.2 Å². The number of carbonyl (C=O) groups is 1. The molecule has 2 heterocycles. The summed E-state index contributed by atoms with van der Waals surface area (Å²) in [7, 11) is 0. The second-order valence-corrected chi connectivity index (χ2v) is 4.65. The first-order valence-corrected chi connectivity index (χ1v) is 7.01. The van der Waals surface area contributed by atoms with Gasteiger partial charge in [-0.15, -0.1) is 0 Å². The number of carbonyl (C=O) groups excluding carboxylic acids is 1. The Morgan fingerprint density at radius 3 is 2.77 bits per heavy atom. The maximum atomic E-state index is 11.4. The fourth-order valence-electron chi connectivity index (χ4n) is 2.19. The molecule has 3 rings (SSSR count). The fraction of sp³-hybridized carbons (Fsp3) is 0.118. The van der Waals surface area contributed by atoms with Crippen LogP contribution in [0.15, 0.2) is 54.9 Å². The van der Waals surface area contributed by atoms with E-state index in [2.05, 4.69) is 10.1 Å². The van der Waals surface area contributed by atoms with Gasteiger partial charge in [-0.25, -0.2) is 9.67 Å². The Labute approximate surface area is 128 Å². The molecule has 0 radical (unpaired) electrons. The van der Waals surface area contributed by atoms with Gasteiger partial charge in [-0.3, -0.25) is 4.79 Å². The van der Waals surface area contributed by atoms with E-state index in [0.29, 0.717) is 23.7 Å². The summed E-state index contributed by atoms with van der Waals surface area (Å²) in [5.41, 5.74) is 2.84. The average Bonchev–Trinajstić information content (AvgIpc) is 3.01. The van der Waals surface area contributed by atoms with Gasteiger partial charge in [0, 0.05) is 24.0 Å². The monoisotopic (exact) mass is 293 g/mol. The molecule has 0 amide bonds. The maximum absolute atomic E-state index is 11.4. The minimum absolute atomic E-state index is 0.520. The van der Waals surface area contributed by atoms with Gasteiger partial charge in [-0.2, -0.15) is 5.10 Å². The van der Waals surface area contributed by atoms with Crippen LogP contribution >= 0.6 is 0 Å². The molecule has 22 heavy (non-hydrogen) atoms. The summed E-state index contributed by atoms with van der Waals surface area (Å²) in [6, 6.07) is 13.3. The lowest BCUT2D eigenvalue weighted by Gasteiger charge is -2.04. The lowest BCUT2D eigenvalue weighted by Crippen LogP contribution is -1.96. The van der Waals surface area contributed by atoms with Crippen LogP contribution in [0.4, 0.5) is 0 Å². The number of rotatable bonds is 5. The van der Waals surface area contributed by atoms with Crippen LogP contribution < -0.4 is 4.74 Å². The van der Waals surface area contributed by atoms with Crippen molar-refractivity contribution < 1.29 is 9.53 Å². The Balaban J connectivity index is 2.05. The van der Waals surface area contributed by atoms with E-state index in [9.17, 15) is 4.79 Å². The number of ether oxygens (including phenoxy) is 1. The van der Waals surface area contributed by atoms with Crippen LogP contribution in [0.1, 0.15) is 17.3 Å². The molecule has 1 aromatic carbocycles. The summed E-state index contributed by atoms with van der Waals surface area (Å²) in [6.45, 7) is 2.44. The van der Waals surface area contributed by atoms with Crippen molar-refractivity contribution in [3.63, 3.8) is 0 Å². The van der Waals surface area contributed by atoms with Crippen molar-refractivity contribution in [1.29, 1.82) is 0 Å². The Bertz CT molecular complexity index is 782. The highest BCUT2D eigenvalue weighted by atomic mass is 16.5. The van der Waals surface area contributed by atoms with Crippen LogP contribution in [0, 0.1) is 0 Å². The zero-order valence-electron chi connectivity index (χ0n) is 12.1. The van der Waals surface area contributed by atoms with Crippen molar-refractivity contribution in [3.8, 4) is 22.8 Å². The van der Waals surface area contributed by atoms with Gasteiger partial charge in [-0.05, 0) is 25.1 Å². The van der Waals surface area contributed by atoms with Gasteiger partial charge >= 0.3 is 0 Å². The summed E-state index contributed by atoms with van der Waals surface area (Å²) in [4.78, 5) is 15.5. The summed E-state index contributed by atoms with van der Waals surface area (Å²) in [5.74, 6) is 0.520. The van der Waals surface area contributed by atoms with Crippen LogP contribution in [0.5, 0.6) is 5.88 Å². The summed E-state index contributed by atoms with van der Waals surface area (Å²) in [5, 5.41) is 4.52. The third-order valence-electron chi connectivity index (χ3n) is 3.19. The molecule has 5 nitrogen and oxygen atoms in total. The minimum Gasteiger partial charge on any atom is -0.478 e. The second-order valence-electron chi connectivity index (χ2n) is 4.65. The molecule has 2 aromatic heterocycles. The van der Waals surface area contributed by atoms with Crippen molar-refractivity contribution >= 4 is 6.29 Å². The molecule has 0 spiro atoms. The normalized spacial score (nSPS) is 10.4. The quantitative estimate of drug-likeness (QED) is 0.678. The average molecular weight is 293 g/mol. The van der Waals surface area contributed by atoms with Crippen LogP contribution in [0.25, 0.3) is 16.9 Å². The van der Waals surface area contributed by atoms with Gasteiger partial charge in [0.2, 0.25) is 5.88 Å². The Hall–Kier alpha value is -2.95. The molecule has 0 aliphatic carbocycles. The highest BCUT2D eigenvalue weighted by Gasteiger charge is 2.12. The molecular weight excluding hydrogens is 278 g/mol. The molecule has 3 aromatic rings. The highest BCUT2D eigenvalue weighted by molar-refractivity contribution is 5.85. The first-order chi connectivity index (χ1) is 10.8. The third-order valence-corrected chi connectivity index (χ3v) is 3.19. The smallest absolute Gasteiger partial charge is 0.213 e. The summed E-state index contributed by atoms with van der Waals surface area (Å²) in [6.07, 6.45) is 4.18. The predicted octanol–water partition coefficient (Wildman–Crippen LogP) is 3.15. The SMILES string of the molecule is CCOc1cc(-c2nn(-c3ccccc3)cc2C=O)ccn1. The van der Waals surface area contributed by atoms with Crippen LogP contribution in [0.3, 0.4) is 0 Å². The van der Waals surface area contributed by atoms with Crippen LogP contribution in [-0.2, 0) is 0 Å². The molecule has 0 fully saturated rings. The van der Waals surface area contributed by atoms with Crippen molar-refractivity contribution in [1.82, 2.24) is 14.8 Å². The third kappa shape index (κ3) is 2.74. The van der Waals surface area contributed by atoms with Gasteiger partial charge in [0.25, 0.3) is 0 Å².